The third-order valence-electron chi connectivity index (χ3n) is 8.32. The molecule has 2 aromatic carbocycles. The fourth-order valence-corrected chi connectivity index (χ4v) is 23.2. The van der Waals surface area contributed by atoms with Crippen LogP contribution in [0.4, 0.5) is 0 Å². The van der Waals surface area contributed by atoms with Gasteiger partial charge in [-0.3, -0.25) is 0 Å². The number of methoxy groups -OCH3 is 2. The molecule has 0 unspecified atom stereocenters. The van der Waals surface area contributed by atoms with E-state index in [2.05, 4.69) is 43.9 Å². The molecule has 1 fully saturated rings. The van der Waals surface area contributed by atoms with Crippen LogP contribution in [0, 0.1) is 0 Å². The van der Waals surface area contributed by atoms with Crippen molar-refractivity contribution in [2.24, 2.45) is 0 Å². The summed E-state index contributed by atoms with van der Waals surface area (Å²) in [5.41, 5.74) is 2.34. The van der Waals surface area contributed by atoms with Crippen LogP contribution in [0.2, 0.25) is 18.3 Å². The molecule has 6 heteroatoms. The number of rotatable bonds is 16. The van der Waals surface area contributed by atoms with Gasteiger partial charge in [-0.25, -0.2) is 0 Å². The van der Waals surface area contributed by atoms with Crippen molar-refractivity contribution < 1.29 is 14.3 Å². The maximum atomic E-state index is 13.3. The molecule has 0 radical (unpaired) electrons. The van der Waals surface area contributed by atoms with Gasteiger partial charge in [-0.15, -0.1) is 0 Å². The van der Waals surface area contributed by atoms with Crippen LogP contribution in [0.15, 0.2) is 48.5 Å². The van der Waals surface area contributed by atoms with Gasteiger partial charge in [-0.05, 0) is 0 Å². The van der Waals surface area contributed by atoms with Crippen LogP contribution in [-0.4, -0.2) is 49.4 Å². The van der Waals surface area contributed by atoms with Gasteiger partial charge in [0.05, 0.1) is 0 Å². The molecular weight excluding hydrogens is 613 g/mol. The summed E-state index contributed by atoms with van der Waals surface area (Å²) in [6.07, 6.45) is 11.6. The molecule has 1 aliphatic rings. The molecule has 0 N–H and O–H groups in total. The second kappa shape index (κ2) is 16.0. The molecule has 1 aliphatic heterocycles. The Morgan fingerprint density at radius 3 is 2.10 bits per heavy atom. The predicted octanol–water partition coefficient (Wildman–Crippen LogP) is 9.32. The standard InChI is InChI=1S/C21H21ClNO3.3C4H9.Sn/c1-25-19-11-6-16(20(13-19)26-2)14-23-18(10-12-21(23)24)9-5-15-3-7-17(22)8-4-15;3*1-3-4-2;/h3-4,6-9,11,13,18H,10,12,14H2,1-2H3;3*1,3-4H2,2H3;/t18-;;;;/m0..../s1. The number of unbranched alkanes of at least 4 members (excludes halogenated alkanes) is 3. The molecule has 1 saturated heterocycles. The molecule has 1 heterocycles. The summed E-state index contributed by atoms with van der Waals surface area (Å²) in [5.74, 6) is 1.74. The Labute approximate surface area is 246 Å². The molecule has 4 nitrogen and oxygen atoms in total. The van der Waals surface area contributed by atoms with E-state index in [1.165, 1.54) is 57.4 Å². The topological polar surface area (TPSA) is 38.8 Å². The van der Waals surface area contributed by atoms with Crippen LogP contribution in [0.25, 0.3) is 3.59 Å². The van der Waals surface area contributed by atoms with Gasteiger partial charge in [0.25, 0.3) is 0 Å². The van der Waals surface area contributed by atoms with Crippen LogP contribution in [0.3, 0.4) is 0 Å². The fourth-order valence-electron chi connectivity index (χ4n) is 6.03. The number of nitrogens with zero attached hydrogens (tertiary/aromatic N) is 1. The summed E-state index contributed by atoms with van der Waals surface area (Å²) in [4.78, 5) is 15.4. The van der Waals surface area contributed by atoms with Crippen molar-refractivity contribution >= 4 is 39.5 Å². The van der Waals surface area contributed by atoms with E-state index in [1.54, 1.807) is 17.8 Å². The molecule has 3 rings (SSSR count). The van der Waals surface area contributed by atoms with Crippen LogP contribution in [0.5, 0.6) is 11.5 Å². The molecule has 39 heavy (non-hydrogen) atoms. The first-order chi connectivity index (χ1) is 18.9. The van der Waals surface area contributed by atoms with Crippen molar-refractivity contribution in [3.05, 3.63) is 64.7 Å². The fraction of sp³-hybridized carbons (Fsp3) is 0.545. The number of benzene rings is 2. The maximum absolute atomic E-state index is 13.3. The van der Waals surface area contributed by atoms with E-state index in [0.29, 0.717) is 13.0 Å². The first-order valence-electron chi connectivity index (χ1n) is 14.9. The molecule has 0 bridgehead atoms. The normalized spacial score (nSPS) is 16.2. The monoisotopic (exact) mass is 661 g/mol. The number of amides is 1. The number of hydrogen-bond acceptors (Lipinski definition) is 3. The second-order valence-corrected chi connectivity index (χ2v) is 24.5. The third-order valence-corrected chi connectivity index (χ3v) is 24.4. The number of hydrogen-bond donors (Lipinski definition) is 0. The first kappa shape index (κ1) is 31.9. The summed E-state index contributed by atoms with van der Waals surface area (Å²) in [5, 5.41) is 0.777. The van der Waals surface area contributed by atoms with Crippen LogP contribution < -0.4 is 9.47 Å². The van der Waals surface area contributed by atoms with E-state index in [-0.39, 0.29) is 11.9 Å². The minimum absolute atomic E-state index is 0.0935. The van der Waals surface area contributed by atoms with Crippen LogP contribution >= 0.6 is 11.6 Å². The second-order valence-electron chi connectivity index (χ2n) is 11.0. The van der Waals surface area contributed by atoms with E-state index < -0.39 is 18.4 Å². The van der Waals surface area contributed by atoms with E-state index >= 15 is 0 Å². The molecule has 0 saturated carbocycles. The summed E-state index contributed by atoms with van der Waals surface area (Å²) in [7, 11) is 3.34. The summed E-state index contributed by atoms with van der Waals surface area (Å²) in [6.45, 7) is 7.51. The zero-order valence-electron chi connectivity index (χ0n) is 24.7. The van der Waals surface area contributed by atoms with Crippen molar-refractivity contribution in [2.75, 3.05) is 14.2 Å². The number of likely N-dealkylation sites (tertiary alicyclic amines) is 1. The van der Waals surface area contributed by atoms with Gasteiger partial charge in [-0.1, -0.05) is 0 Å². The predicted molar refractivity (Wildman–Crippen MR) is 167 cm³/mol. The van der Waals surface area contributed by atoms with Crippen molar-refractivity contribution in [1.29, 1.82) is 0 Å². The Balaban J connectivity index is 2.10. The molecule has 1 atom stereocenters. The Kier molecular flexibility index (Phi) is 13.0. The summed E-state index contributed by atoms with van der Waals surface area (Å²) >= 11 is 3.52. The molecule has 0 aliphatic carbocycles. The van der Waals surface area contributed by atoms with Crippen molar-refractivity contribution in [3.8, 4) is 11.5 Å². The van der Waals surface area contributed by atoms with Crippen molar-refractivity contribution in [2.45, 2.75) is 98.0 Å². The van der Waals surface area contributed by atoms with Crippen molar-refractivity contribution in [1.82, 2.24) is 4.90 Å². The van der Waals surface area contributed by atoms with Gasteiger partial charge in [0.2, 0.25) is 0 Å². The first-order valence-corrected chi connectivity index (χ1v) is 22.8. The Bertz CT molecular complexity index is 1060. The summed E-state index contributed by atoms with van der Waals surface area (Å²) in [6, 6.07) is 14.5. The zero-order chi connectivity index (χ0) is 28.3. The van der Waals surface area contributed by atoms with E-state index in [4.69, 9.17) is 21.1 Å². The minimum atomic E-state index is -2.84. The average Bonchev–Trinajstić information content (AvgIpc) is 3.30. The van der Waals surface area contributed by atoms with Crippen LogP contribution in [-0.2, 0) is 11.3 Å². The Hall–Kier alpha value is -1.66. The number of carbonyl (C=O) groups is 1. The molecular formula is C33H48ClNO3Sn. The quantitative estimate of drug-likeness (QED) is 0.169. The van der Waals surface area contributed by atoms with Gasteiger partial charge >= 0.3 is 247 Å². The zero-order valence-corrected chi connectivity index (χ0v) is 28.3. The Morgan fingerprint density at radius 2 is 1.56 bits per heavy atom. The molecule has 1 amide bonds. The summed E-state index contributed by atoms with van der Waals surface area (Å²) < 4.78 is 16.8. The van der Waals surface area contributed by atoms with E-state index in [9.17, 15) is 4.79 Å². The van der Waals surface area contributed by atoms with Crippen molar-refractivity contribution in [3.63, 3.8) is 0 Å². The Morgan fingerprint density at radius 1 is 0.949 bits per heavy atom. The van der Waals surface area contributed by atoms with E-state index in [0.717, 1.165) is 28.5 Å². The average molecular weight is 661 g/mol. The number of carbonyl (C=O) groups excluding carboxylic acids is 1. The van der Waals surface area contributed by atoms with Gasteiger partial charge in [-0.2, -0.15) is 0 Å². The SMILES string of the molecule is CCC[CH2][Sn]([CH2]CCC)([CH2]CCC)[C](=C[C@H]1CCC(=O)N1Cc1ccc(OC)cc1OC)c1ccc(Cl)cc1. The molecule has 0 aromatic heterocycles. The van der Waals surface area contributed by atoms with Gasteiger partial charge in [0.15, 0.2) is 0 Å². The molecule has 0 spiro atoms. The molecule has 214 valence electrons. The number of ether oxygens (including phenoxy) is 2. The van der Waals surface area contributed by atoms with Gasteiger partial charge < -0.3 is 0 Å². The third kappa shape index (κ3) is 8.42. The van der Waals surface area contributed by atoms with Gasteiger partial charge in [0.1, 0.15) is 0 Å². The van der Waals surface area contributed by atoms with E-state index in [1.807, 2.05) is 30.3 Å². The number of halogens is 1. The molecule has 2 aromatic rings. The van der Waals surface area contributed by atoms with Gasteiger partial charge in [0, 0.05) is 0 Å². The van der Waals surface area contributed by atoms with Crippen LogP contribution in [0.1, 0.15) is 83.3 Å².